The molecule has 0 unspecified atom stereocenters. The lowest BCUT2D eigenvalue weighted by molar-refractivity contribution is 1.20. The predicted octanol–water partition coefficient (Wildman–Crippen LogP) is 6.44. The van der Waals surface area contributed by atoms with E-state index in [9.17, 15) is 0 Å². The monoisotopic (exact) mass is 369 g/mol. The fourth-order valence-corrected chi connectivity index (χ4v) is 4.14. The van der Waals surface area contributed by atoms with E-state index in [1.165, 1.54) is 0 Å². The lowest BCUT2D eigenvalue weighted by atomic mass is 10.0. The summed E-state index contributed by atoms with van der Waals surface area (Å²) in [5.41, 5.74) is 2.27. The zero-order valence-corrected chi connectivity index (χ0v) is 15.1. The topological polar surface area (TPSA) is 38.9 Å². The predicted molar refractivity (Wildman–Crippen MR) is 116 cm³/mol. The molecule has 0 saturated carbocycles. The summed E-state index contributed by atoms with van der Waals surface area (Å²) in [6.45, 7) is 14.8. The van der Waals surface area contributed by atoms with Crippen LogP contribution in [0.4, 0.5) is 11.6 Å². The highest BCUT2D eigenvalue weighted by atomic mass is 15.1. The molecule has 0 amide bonds. The summed E-state index contributed by atoms with van der Waals surface area (Å²) in [5, 5.41) is 6.44. The van der Waals surface area contributed by atoms with Crippen LogP contribution in [0.2, 0.25) is 0 Å². The quantitative estimate of drug-likeness (QED) is 0.175. The van der Waals surface area contributed by atoms with E-state index in [0.717, 1.165) is 37.8 Å². The molecule has 0 N–H and O–H groups in total. The average molecular weight is 369 g/mol. The maximum absolute atomic E-state index is 7.43. The SMILES string of the molecule is [C-]#[N+]c1nc2c3cc4ccccc4cc3c3c4ccccc4cn3c2nc1[N+]#[C-]. The summed E-state index contributed by atoms with van der Waals surface area (Å²) in [5.74, 6) is 0.0738. The standard InChI is InChI=1S/C24H11N5/c1-25-22-23(26-2)28-24-20(27-22)18-11-14-7-3-4-8-15(14)12-19(18)21-17-10-6-5-9-16(17)13-29(21)24/h3-13H. The molecular formula is C24H11N5. The zero-order valence-electron chi connectivity index (χ0n) is 15.1. The molecule has 0 aliphatic carbocycles. The first-order chi connectivity index (χ1) is 14.3. The van der Waals surface area contributed by atoms with E-state index in [4.69, 9.17) is 13.1 Å². The van der Waals surface area contributed by atoms with E-state index in [0.29, 0.717) is 11.2 Å². The van der Waals surface area contributed by atoms with Crippen LogP contribution in [0.15, 0.2) is 66.9 Å². The van der Waals surface area contributed by atoms with E-state index in [-0.39, 0.29) is 11.6 Å². The molecule has 5 heteroatoms. The highest BCUT2D eigenvalue weighted by Gasteiger charge is 2.22. The van der Waals surface area contributed by atoms with E-state index in [1.807, 2.05) is 34.9 Å². The fraction of sp³-hybridized carbons (Fsp3) is 0. The van der Waals surface area contributed by atoms with Crippen LogP contribution >= 0.6 is 0 Å². The largest absolute Gasteiger partial charge is 0.370 e. The molecule has 6 rings (SSSR count). The highest BCUT2D eigenvalue weighted by Crippen LogP contribution is 2.38. The van der Waals surface area contributed by atoms with Crippen LogP contribution in [0.25, 0.3) is 58.7 Å². The molecule has 0 aliphatic rings. The van der Waals surface area contributed by atoms with Gasteiger partial charge in [-0.1, -0.05) is 61.7 Å². The first kappa shape index (κ1) is 15.6. The van der Waals surface area contributed by atoms with E-state index >= 15 is 0 Å². The molecule has 0 atom stereocenters. The van der Waals surface area contributed by atoms with Gasteiger partial charge >= 0.3 is 0 Å². The average Bonchev–Trinajstić information content (AvgIpc) is 3.17. The van der Waals surface area contributed by atoms with Crippen molar-refractivity contribution in [3.8, 4) is 0 Å². The Morgan fingerprint density at radius 1 is 0.690 bits per heavy atom. The van der Waals surface area contributed by atoms with Crippen LogP contribution in [0.3, 0.4) is 0 Å². The summed E-state index contributed by atoms with van der Waals surface area (Å²) in [6.07, 6.45) is 2.03. The van der Waals surface area contributed by atoms with Gasteiger partial charge in [-0.3, -0.25) is 4.40 Å². The second kappa shape index (κ2) is 5.51. The number of hydrogen-bond donors (Lipinski definition) is 0. The maximum Gasteiger partial charge on any atom is 0.295 e. The molecule has 0 fully saturated rings. The number of hydrogen-bond acceptors (Lipinski definition) is 2. The third-order valence-electron chi connectivity index (χ3n) is 5.40. The highest BCUT2D eigenvalue weighted by molar-refractivity contribution is 6.21. The Hall–Kier alpha value is -4.48. The molecular weight excluding hydrogens is 358 g/mol. The molecule has 132 valence electrons. The smallest absolute Gasteiger partial charge is 0.295 e. The number of aromatic nitrogens is 3. The van der Waals surface area contributed by atoms with Crippen molar-refractivity contribution in [1.29, 1.82) is 0 Å². The lowest BCUT2D eigenvalue weighted by Crippen LogP contribution is -1.95. The fourth-order valence-electron chi connectivity index (χ4n) is 4.14. The first-order valence-corrected chi connectivity index (χ1v) is 9.09. The number of pyridine rings is 1. The maximum atomic E-state index is 7.43. The van der Waals surface area contributed by atoms with E-state index < -0.39 is 0 Å². The van der Waals surface area contributed by atoms with Gasteiger partial charge in [-0.25, -0.2) is 0 Å². The normalized spacial score (nSPS) is 11.4. The minimum Gasteiger partial charge on any atom is -0.370 e. The van der Waals surface area contributed by atoms with E-state index in [1.54, 1.807) is 0 Å². The van der Waals surface area contributed by atoms with Crippen LogP contribution in [-0.4, -0.2) is 14.4 Å². The molecule has 29 heavy (non-hydrogen) atoms. The summed E-state index contributed by atoms with van der Waals surface area (Å²) >= 11 is 0. The minimum absolute atomic E-state index is 0.0340. The zero-order chi connectivity index (χ0) is 19.5. The molecule has 3 aromatic heterocycles. The van der Waals surface area contributed by atoms with Gasteiger partial charge in [0.2, 0.25) is 5.52 Å². The van der Waals surface area contributed by atoms with Crippen molar-refractivity contribution >= 4 is 60.6 Å². The Balaban J connectivity index is 2.00. The molecule has 0 aliphatic heterocycles. The van der Waals surface area contributed by atoms with Crippen LogP contribution in [0, 0.1) is 13.1 Å². The van der Waals surface area contributed by atoms with Crippen molar-refractivity contribution in [3.63, 3.8) is 0 Å². The van der Waals surface area contributed by atoms with Crippen LogP contribution < -0.4 is 0 Å². The van der Waals surface area contributed by atoms with Crippen LogP contribution in [0.1, 0.15) is 0 Å². The molecule has 0 bridgehead atoms. The van der Waals surface area contributed by atoms with Gasteiger partial charge in [0.15, 0.2) is 0 Å². The van der Waals surface area contributed by atoms with Gasteiger partial charge in [0.05, 0.1) is 5.52 Å². The Kier molecular flexibility index (Phi) is 2.96. The Morgan fingerprint density at radius 3 is 2.03 bits per heavy atom. The molecule has 6 aromatic rings. The molecule has 0 spiro atoms. The van der Waals surface area contributed by atoms with Gasteiger partial charge in [-0.05, 0) is 22.9 Å². The van der Waals surface area contributed by atoms with Gasteiger partial charge in [0.1, 0.15) is 0 Å². The van der Waals surface area contributed by atoms with Crippen molar-refractivity contribution in [2.24, 2.45) is 0 Å². The number of fused-ring (bicyclic) bond motifs is 9. The number of nitrogens with zero attached hydrogens (tertiary/aromatic N) is 5. The van der Waals surface area contributed by atoms with Crippen LogP contribution in [0.5, 0.6) is 0 Å². The van der Waals surface area contributed by atoms with Gasteiger partial charge in [-0.15, -0.1) is 9.97 Å². The number of benzene rings is 3. The lowest BCUT2D eigenvalue weighted by Gasteiger charge is -2.07. The summed E-state index contributed by atoms with van der Waals surface area (Å²) in [4.78, 5) is 16.0. The molecule has 3 heterocycles. The molecule has 0 saturated heterocycles. The Morgan fingerprint density at radius 2 is 1.31 bits per heavy atom. The third kappa shape index (κ3) is 2.02. The summed E-state index contributed by atoms with van der Waals surface area (Å²) < 4.78 is 2.01. The second-order valence-corrected chi connectivity index (χ2v) is 6.95. The first-order valence-electron chi connectivity index (χ1n) is 9.09. The Bertz CT molecular complexity index is 1730. The van der Waals surface area contributed by atoms with Crippen molar-refractivity contribution in [2.45, 2.75) is 0 Å². The molecule has 0 radical (unpaired) electrons. The molecule has 3 aromatic carbocycles. The van der Waals surface area contributed by atoms with Gasteiger partial charge in [0.25, 0.3) is 17.3 Å². The van der Waals surface area contributed by atoms with E-state index in [2.05, 4.69) is 56.1 Å². The van der Waals surface area contributed by atoms with Crippen molar-refractivity contribution in [3.05, 3.63) is 89.7 Å². The number of rotatable bonds is 0. The van der Waals surface area contributed by atoms with Gasteiger partial charge < -0.3 is 9.69 Å². The van der Waals surface area contributed by atoms with Crippen molar-refractivity contribution in [1.82, 2.24) is 14.4 Å². The van der Waals surface area contributed by atoms with Crippen molar-refractivity contribution < 1.29 is 0 Å². The third-order valence-corrected chi connectivity index (χ3v) is 5.40. The molecule has 5 nitrogen and oxygen atoms in total. The summed E-state index contributed by atoms with van der Waals surface area (Å²) in [7, 11) is 0. The Labute approximate surface area is 165 Å². The van der Waals surface area contributed by atoms with Crippen LogP contribution in [-0.2, 0) is 0 Å². The van der Waals surface area contributed by atoms with Gasteiger partial charge in [0, 0.05) is 27.7 Å². The minimum atomic E-state index is 0.0340. The second-order valence-electron chi connectivity index (χ2n) is 6.95. The summed E-state index contributed by atoms with van der Waals surface area (Å²) in [6, 6.07) is 20.7. The van der Waals surface area contributed by atoms with Crippen molar-refractivity contribution in [2.75, 3.05) is 0 Å². The van der Waals surface area contributed by atoms with Gasteiger partial charge in [-0.2, -0.15) is 0 Å².